The molecule has 0 saturated heterocycles. The summed E-state index contributed by atoms with van der Waals surface area (Å²) < 4.78 is 10.4. The van der Waals surface area contributed by atoms with Crippen LogP contribution in [0, 0.1) is 0 Å². The maximum Gasteiger partial charge on any atom is 0.407 e. The van der Waals surface area contributed by atoms with Gasteiger partial charge in [0.25, 0.3) is 11.8 Å². The molecule has 1 N–H and O–H groups in total. The van der Waals surface area contributed by atoms with Crippen molar-refractivity contribution >= 4 is 23.9 Å². The Balaban J connectivity index is 1.14. The van der Waals surface area contributed by atoms with Crippen molar-refractivity contribution in [3.8, 4) is 11.1 Å². The van der Waals surface area contributed by atoms with Gasteiger partial charge in [-0.15, -0.1) is 0 Å². The van der Waals surface area contributed by atoms with Gasteiger partial charge in [0.1, 0.15) is 12.6 Å². The van der Waals surface area contributed by atoms with Crippen molar-refractivity contribution < 1.29 is 28.7 Å². The van der Waals surface area contributed by atoms with Gasteiger partial charge in [-0.1, -0.05) is 60.7 Å². The molecule has 0 spiro atoms. The Labute approximate surface area is 220 Å². The number of ether oxygens (including phenoxy) is 2. The molecule has 2 aliphatic rings. The molecule has 1 aliphatic heterocycles. The van der Waals surface area contributed by atoms with E-state index < -0.39 is 18.1 Å². The van der Waals surface area contributed by atoms with E-state index in [9.17, 15) is 19.2 Å². The molecular weight excluding hydrogens is 484 g/mol. The smallest absolute Gasteiger partial charge is 0.407 e. The number of unbranched alkanes of at least 4 members (excludes halogenated alkanes) is 1. The highest BCUT2D eigenvalue weighted by Crippen LogP contribution is 2.44. The molecule has 0 saturated carbocycles. The predicted molar refractivity (Wildman–Crippen MR) is 140 cm³/mol. The van der Waals surface area contributed by atoms with Crippen molar-refractivity contribution in [2.24, 2.45) is 0 Å². The molecule has 3 aromatic carbocycles. The van der Waals surface area contributed by atoms with Gasteiger partial charge in [-0.25, -0.2) is 9.59 Å². The van der Waals surface area contributed by atoms with Gasteiger partial charge in [0.15, 0.2) is 0 Å². The first kappa shape index (κ1) is 25.2. The number of benzene rings is 3. The molecule has 1 heterocycles. The fraction of sp³-hybridized carbons (Fsp3) is 0.267. The number of methoxy groups -OCH3 is 1. The SMILES string of the molecule is COC(=O)C(CCCCN1C(=O)c2ccccc2C1=O)NC(=O)OCC1c2ccccc2-c2ccccc21. The molecular formula is C30H28N2O6. The zero-order valence-corrected chi connectivity index (χ0v) is 21.0. The lowest BCUT2D eigenvalue weighted by Gasteiger charge is -2.19. The van der Waals surface area contributed by atoms with E-state index in [-0.39, 0.29) is 37.3 Å². The van der Waals surface area contributed by atoms with E-state index in [0.717, 1.165) is 22.3 Å². The molecule has 0 aromatic heterocycles. The number of carbonyl (C=O) groups is 4. The van der Waals surface area contributed by atoms with E-state index in [1.165, 1.54) is 12.0 Å². The Morgan fingerprint density at radius 1 is 0.816 bits per heavy atom. The van der Waals surface area contributed by atoms with Crippen LogP contribution in [0.4, 0.5) is 4.79 Å². The number of fused-ring (bicyclic) bond motifs is 4. The topological polar surface area (TPSA) is 102 Å². The van der Waals surface area contributed by atoms with Gasteiger partial charge in [0, 0.05) is 12.5 Å². The summed E-state index contributed by atoms with van der Waals surface area (Å²) in [5.41, 5.74) is 5.26. The third kappa shape index (κ3) is 4.77. The van der Waals surface area contributed by atoms with Crippen LogP contribution in [0.5, 0.6) is 0 Å². The molecule has 1 unspecified atom stereocenters. The number of nitrogens with one attached hydrogen (secondary N) is 1. The first-order valence-electron chi connectivity index (χ1n) is 12.6. The van der Waals surface area contributed by atoms with E-state index in [1.54, 1.807) is 24.3 Å². The molecule has 38 heavy (non-hydrogen) atoms. The van der Waals surface area contributed by atoms with Gasteiger partial charge in [-0.3, -0.25) is 14.5 Å². The van der Waals surface area contributed by atoms with Crippen LogP contribution in [-0.4, -0.2) is 55.1 Å². The minimum absolute atomic E-state index is 0.0932. The molecule has 0 radical (unpaired) electrons. The average Bonchev–Trinajstić information content (AvgIpc) is 3.40. The lowest BCUT2D eigenvalue weighted by molar-refractivity contribution is -0.143. The second kappa shape index (κ2) is 10.9. The molecule has 194 valence electrons. The number of esters is 1. The van der Waals surface area contributed by atoms with Gasteiger partial charge >= 0.3 is 12.1 Å². The van der Waals surface area contributed by atoms with E-state index in [2.05, 4.69) is 17.4 Å². The number of hydrogen-bond acceptors (Lipinski definition) is 6. The maximum absolute atomic E-state index is 12.7. The summed E-state index contributed by atoms with van der Waals surface area (Å²) in [7, 11) is 1.26. The molecule has 3 aromatic rings. The second-order valence-corrected chi connectivity index (χ2v) is 9.35. The van der Waals surface area contributed by atoms with Gasteiger partial charge in [-0.05, 0) is 53.6 Å². The minimum atomic E-state index is -0.905. The highest BCUT2D eigenvalue weighted by Gasteiger charge is 2.35. The quantitative estimate of drug-likeness (QED) is 0.257. The summed E-state index contributed by atoms with van der Waals surface area (Å²) in [6, 6.07) is 21.9. The number of alkyl carbamates (subject to hydrolysis) is 1. The van der Waals surface area contributed by atoms with Crippen LogP contribution in [0.15, 0.2) is 72.8 Å². The standard InChI is InChI=1S/C30H28N2O6/c1-37-29(35)26(16-8-9-17-32-27(33)23-14-6-7-15-24(23)28(32)34)31-30(36)38-18-25-21-12-4-2-10-19(21)20-11-3-5-13-22(20)25/h2-7,10-15,25-26H,8-9,16-18H2,1H3,(H,31,36). The van der Waals surface area contributed by atoms with Crippen molar-refractivity contribution in [1.29, 1.82) is 0 Å². The first-order valence-corrected chi connectivity index (χ1v) is 12.6. The summed E-state index contributed by atoms with van der Waals surface area (Å²) in [4.78, 5) is 51.3. The van der Waals surface area contributed by atoms with Gasteiger partial charge in [0.05, 0.1) is 18.2 Å². The number of hydrogen-bond donors (Lipinski definition) is 1. The first-order chi connectivity index (χ1) is 18.5. The zero-order chi connectivity index (χ0) is 26.6. The van der Waals surface area contributed by atoms with Crippen molar-refractivity contribution in [3.63, 3.8) is 0 Å². The summed E-state index contributed by atoms with van der Waals surface area (Å²) in [6.07, 6.45) is 0.532. The number of imide groups is 1. The van der Waals surface area contributed by atoms with Gasteiger partial charge in [0.2, 0.25) is 0 Å². The summed E-state index contributed by atoms with van der Waals surface area (Å²) in [5.74, 6) is -1.30. The summed E-state index contributed by atoms with van der Waals surface area (Å²) >= 11 is 0. The average molecular weight is 513 g/mol. The van der Waals surface area contributed by atoms with Crippen LogP contribution >= 0.6 is 0 Å². The Bertz CT molecular complexity index is 1320. The Morgan fingerprint density at radius 3 is 1.89 bits per heavy atom. The van der Waals surface area contributed by atoms with E-state index >= 15 is 0 Å². The van der Waals surface area contributed by atoms with Crippen LogP contribution in [0.1, 0.15) is 57.0 Å². The highest BCUT2D eigenvalue weighted by atomic mass is 16.6. The van der Waals surface area contributed by atoms with Gasteiger partial charge in [-0.2, -0.15) is 0 Å². The zero-order valence-electron chi connectivity index (χ0n) is 21.0. The Kier molecular flexibility index (Phi) is 7.22. The number of carbonyl (C=O) groups excluding carboxylic acids is 4. The lowest BCUT2D eigenvalue weighted by atomic mass is 9.98. The van der Waals surface area contributed by atoms with Crippen molar-refractivity contribution in [1.82, 2.24) is 10.2 Å². The molecule has 1 aliphatic carbocycles. The van der Waals surface area contributed by atoms with Crippen LogP contribution in [0.25, 0.3) is 11.1 Å². The normalized spacial score (nSPS) is 14.5. The molecule has 8 heteroatoms. The van der Waals surface area contributed by atoms with Crippen LogP contribution < -0.4 is 5.32 Å². The molecule has 1 atom stereocenters. The third-order valence-corrected chi connectivity index (χ3v) is 7.12. The fourth-order valence-corrected chi connectivity index (χ4v) is 5.23. The predicted octanol–water partition coefficient (Wildman–Crippen LogP) is 4.53. The molecule has 0 bridgehead atoms. The molecule has 8 nitrogen and oxygen atoms in total. The number of amides is 3. The monoisotopic (exact) mass is 512 g/mol. The van der Waals surface area contributed by atoms with Crippen molar-refractivity contribution in [2.45, 2.75) is 31.2 Å². The summed E-state index contributed by atoms with van der Waals surface area (Å²) in [5, 5.41) is 2.62. The minimum Gasteiger partial charge on any atom is -0.467 e. The van der Waals surface area contributed by atoms with Gasteiger partial charge < -0.3 is 14.8 Å². The van der Waals surface area contributed by atoms with E-state index in [4.69, 9.17) is 9.47 Å². The third-order valence-electron chi connectivity index (χ3n) is 7.12. The Hall–Kier alpha value is -4.46. The van der Waals surface area contributed by atoms with Crippen molar-refractivity contribution in [3.05, 3.63) is 95.1 Å². The lowest BCUT2D eigenvalue weighted by Crippen LogP contribution is -2.42. The molecule has 0 fully saturated rings. The fourth-order valence-electron chi connectivity index (χ4n) is 5.23. The van der Waals surface area contributed by atoms with Crippen LogP contribution in [-0.2, 0) is 14.3 Å². The van der Waals surface area contributed by atoms with E-state index in [1.807, 2.05) is 36.4 Å². The van der Waals surface area contributed by atoms with E-state index in [0.29, 0.717) is 24.0 Å². The highest BCUT2D eigenvalue weighted by molar-refractivity contribution is 6.21. The molecule has 3 amide bonds. The van der Waals surface area contributed by atoms with Crippen molar-refractivity contribution in [2.75, 3.05) is 20.3 Å². The Morgan fingerprint density at radius 2 is 1.34 bits per heavy atom. The maximum atomic E-state index is 12.7. The largest absolute Gasteiger partial charge is 0.467 e. The number of rotatable bonds is 9. The number of nitrogens with zero attached hydrogens (tertiary/aromatic N) is 1. The van der Waals surface area contributed by atoms with Crippen LogP contribution in [0.2, 0.25) is 0 Å². The second-order valence-electron chi connectivity index (χ2n) is 9.35. The van der Waals surface area contributed by atoms with Crippen LogP contribution in [0.3, 0.4) is 0 Å². The summed E-state index contributed by atoms with van der Waals surface area (Å²) in [6.45, 7) is 0.360. The molecule has 5 rings (SSSR count).